The van der Waals surface area contributed by atoms with E-state index in [1.165, 1.54) is 0 Å². The van der Waals surface area contributed by atoms with E-state index in [9.17, 15) is 13.2 Å². The van der Waals surface area contributed by atoms with E-state index in [2.05, 4.69) is 19.9 Å². The zero-order chi connectivity index (χ0) is 19.4. The Morgan fingerprint density at radius 2 is 1.71 bits per heavy atom. The van der Waals surface area contributed by atoms with Gasteiger partial charge in [-0.25, -0.2) is 15.0 Å². The minimum atomic E-state index is -4.43. The maximum atomic E-state index is 12.6. The van der Waals surface area contributed by atoms with Gasteiger partial charge in [-0.3, -0.25) is 0 Å². The van der Waals surface area contributed by atoms with Crippen LogP contribution in [0.15, 0.2) is 30.7 Å². The third-order valence-electron chi connectivity index (χ3n) is 4.08. The van der Waals surface area contributed by atoms with Gasteiger partial charge in [0.1, 0.15) is 18.2 Å². The molecule has 28 heavy (non-hydrogen) atoms. The quantitative estimate of drug-likeness (QED) is 0.798. The van der Waals surface area contributed by atoms with Crippen molar-refractivity contribution in [2.75, 3.05) is 42.6 Å². The van der Waals surface area contributed by atoms with E-state index in [0.29, 0.717) is 44.5 Å². The number of nitrogens with two attached hydrogens (primary N) is 1. The zero-order valence-electron chi connectivity index (χ0n) is 15.3. The van der Waals surface area contributed by atoms with Crippen LogP contribution in [0.3, 0.4) is 0 Å². The lowest BCUT2D eigenvalue weighted by Crippen LogP contribution is -2.47. The molecule has 2 aromatic rings. The number of hydrogen-bond donors (Lipinski definition) is 1. The zero-order valence-corrected chi connectivity index (χ0v) is 16.1. The second kappa shape index (κ2) is 9.24. The summed E-state index contributed by atoms with van der Waals surface area (Å²) in [4.78, 5) is 16.0. The standard InChI is InChI=1S/C17H21F3N6O.ClH/c1-12(21)11-27-14-2-3-22-15(8-14)25-4-6-26(7-5-25)16-23-9-13(10-24-16)17(18,19)20;/h2-3,8-10,12H,4-7,11,21H2,1H3;1H. The summed E-state index contributed by atoms with van der Waals surface area (Å²) in [6, 6.07) is 3.57. The van der Waals surface area contributed by atoms with Crippen LogP contribution in [0.5, 0.6) is 5.75 Å². The first-order valence-electron chi connectivity index (χ1n) is 8.56. The van der Waals surface area contributed by atoms with E-state index in [1.54, 1.807) is 12.3 Å². The molecule has 0 spiro atoms. The van der Waals surface area contributed by atoms with Crippen LogP contribution in [0, 0.1) is 0 Å². The van der Waals surface area contributed by atoms with Gasteiger partial charge in [0.05, 0.1) is 5.56 Å². The highest BCUT2D eigenvalue weighted by Gasteiger charge is 2.31. The van der Waals surface area contributed by atoms with E-state index in [4.69, 9.17) is 10.5 Å². The highest BCUT2D eigenvalue weighted by Crippen LogP contribution is 2.28. The van der Waals surface area contributed by atoms with E-state index < -0.39 is 11.7 Å². The third-order valence-corrected chi connectivity index (χ3v) is 4.08. The smallest absolute Gasteiger partial charge is 0.419 e. The highest BCUT2D eigenvalue weighted by molar-refractivity contribution is 5.85. The van der Waals surface area contributed by atoms with Gasteiger partial charge in [-0.2, -0.15) is 13.2 Å². The van der Waals surface area contributed by atoms with Gasteiger partial charge in [-0.05, 0) is 13.0 Å². The van der Waals surface area contributed by atoms with Gasteiger partial charge in [0.15, 0.2) is 0 Å². The largest absolute Gasteiger partial charge is 0.492 e. The minimum Gasteiger partial charge on any atom is -0.492 e. The Morgan fingerprint density at radius 1 is 1.11 bits per heavy atom. The average Bonchev–Trinajstić information content (AvgIpc) is 2.66. The van der Waals surface area contributed by atoms with Crippen LogP contribution >= 0.6 is 12.4 Å². The van der Waals surface area contributed by atoms with E-state index in [-0.39, 0.29) is 18.4 Å². The maximum Gasteiger partial charge on any atom is 0.419 e. The lowest BCUT2D eigenvalue weighted by Gasteiger charge is -2.35. The van der Waals surface area contributed by atoms with Crippen molar-refractivity contribution in [2.24, 2.45) is 5.73 Å². The maximum absolute atomic E-state index is 12.6. The summed E-state index contributed by atoms with van der Waals surface area (Å²) in [7, 11) is 0. The number of anilines is 2. The van der Waals surface area contributed by atoms with Crippen molar-refractivity contribution in [3.05, 3.63) is 36.3 Å². The Labute approximate surface area is 167 Å². The van der Waals surface area contributed by atoms with Crippen LogP contribution < -0.4 is 20.3 Å². The summed E-state index contributed by atoms with van der Waals surface area (Å²) < 4.78 is 43.4. The van der Waals surface area contributed by atoms with E-state index in [0.717, 1.165) is 18.2 Å². The molecule has 1 unspecified atom stereocenters. The van der Waals surface area contributed by atoms with Crippen molar-refractivity contribution >= 4 is 24.2 Å². The molecule has 3 heterocycles. The molecule has 0 aromatic carbocycles. The number of alkyl halides is 3. The van der Waals surface area contributed by atoms with Crippen molar-refractivity contribution in [1.29, 1.82) is 0 Å². The number of rotatable bonds is 5. The molecule has 1 atom stereocenters. The molecular formula is C17H22ClF3N6O. The number of hydrogen-bond acceptors (Lipinski definition) is 7. The van der Waals surface area contributed by atoms with Gasteiger partial charge in [-0.15, -0.1) is 12.4 Å². The van der Waals surface area contributed by atoms with Crippen molar-refractivity contribution < 1.29 is 17.9 Å². The van der Waals surface area contributed by atoms with Gasteiger partial charge >= 0.3 is 6.18 Å². The second-order valence-corrected chi connectivity index (χ2v) is 6.38. The summed E-state index contributed by atoms with van der Waals surface area (Å²) in [6.07, 6.45) is -1.13. The van der Waals surface area contributed by atoms with E-state index in [1.807, 2.05) is 17.9 Å². The average molecular weight is 419 g/mol. The first-order valence-corrected chi connectivity index (χ1v) is 8.56. The Kier molecular flexibility index (Phi) is 7.25. The van der Waals surface area contributed by atoms with Crippen LogP contribution in [0.2, 0.25) is 0 Å². The molecule has 1 saturated heterocycles. The molecule has 3 rings (SSSR count). The topological polar surface area (TPSA) is 80.4 Å². The third kappa shape index (κ3) is 5.59. The molecule has 0 aliphatic carbocycles. The number of piperazine rings is 1. The summed E-state index contributed by atoms with van der Waals surface area (Å²) in [5, 5.41) is 0. The van der Waals surface area contributed by atoms with Crippen LogP contribution in [0.1, 0.15) is 12.5 Å². The Balaban J connectivity index is 0.00000280. The summed E-state index contributed by atoms with van der Waals surface area (Å²) in [5.41, 5.74) is 4.84. The predicted octanol–water partition coefficient (Wildman–Crippen LogP) is 2.36. The molecule has 11 heteroatoms. The number of ether oxygens (including phenoxy) is 1. The molecule has 154 valence electrons. The highest BCUT2D eigenvalue weighted by atomic mass is 35.5. The monoisotopic (exact) mass is 418 g/mol. The van der Waals surface area contributed by atoms with Crippen molar-refractivity contribution in [3.63, 3.8) is 0 Å². The number of aromatic nitrogens is 3. The van der Waals surface area contributed by atoms with Crippen LogP contribution in [0.4, 0.5) is 24.9 Å². The number of pyridine rings is 1. The molecular weight excluding hydrogens is 397 g/mol. The van der Waals surface area contributed by atoms with Crippen molar-refractivity contribution in [2.45, 2.75) is 19.1 Å². The van der Waals surface area contributed by atoms with Gasteiger partial charge in [0.25, 0.3) is 0 Å². The molecule has 0 saturated carbocycles. The Hall–Kier alpha value is -2.33. The van der Waals surface area contributed by atoms with Gasteiger partial charge < -0.3 is 20.3 Å². The lowest BCUT2D eigenvalue weighted by atomic mass is 10.3. The van der Waals surface area contributed by atoms with Gasteiger partial charge in [-0.1, -0.05) is 0 Å². The first kappa shape index (κ1) is 22.0. The number of nitrogens with zero attached hydrogens (tertiary/aromatic N) is 5. The molecule has 1 aliphatic rings. The summed E-state index contributed by atoms with van der Waals surface area (Å²) >= 11 is 0. The van der Waals surface area contributed by atoms with Crippen molar-refractivity contribution in [3.8, 4) is 5.75 Å². The summed E-state index contributed by atoms with van der Waals surface area (Å²) in [5.74, 6) is 1.78. The first-order chi connectivity index (χ1) is 12.8. The SMILES string of the molecule is CC(N)COc1ccnc(N2CCN(c3ncc(C(F)(F)F)cn3)CC2)c1.Cl. The van der Waals surface area contributed by atoms with Gasteiger partial charge in [0, 0.05) is 56.9 Å². The fraction of sp³-hybridized carbons (Fsp3) is 0.471. The predicted molar refractivity (Wildman–Crippen MR) is 102 cm³/mol. The molecule has 0 bridgehead atoms. The van der Waals surface area contributed by atoms with Crippen LogP contribution in [-0.4, -0.2) is 53.8 Å². The molecule has 1 fully saturated rings. The van der Waals surface area contributed by atoms with Gasteiger partial charge in [0.2, 0.25) is 5.95 Å². The molecule has 7 nitrogen and oxygen atoms in total. The molecule has 2 N–H and O–H groups in total. The fourth-order valence-electron chi connectivity index (χ4n) is 2.66. The normalized spacial score (nSPS) is 15.8. The van der Waals surface area contributed by atoms with E-state index >= 15 is 0 Å². The lowest BCUT2D eigenvalue weighted by molar-refractivity contribution is -0.138. The minimum absolute atomic E-state index is 0. The molecule has 1 aliphatic heterocycles. The number of halogens is 4. The van der Waals surface area contributed by atoms with Crippen LogP contribution in [0.25, 0.3) is 0 Å². The fourth-order valence-corrected chi connectivity index (χ4v) is 2.66. The molecule has 0 amide bonds. The van der Waals surface area contributed by atoms with Crippen molar-refractivity contribution in [1.82, 2.24) is 15.0 Å². The molecule has 0 radical (unpaired) electrons. The second-order valence-electron chi connectivity index (χ2n) is 6.38. The Morgan fingerprint density at radius 3 is 2.29 bits per heavy atom. The Bertz CT molecular complexity index is 751. The molecule has 2 aromatic heterocycles. The summed E-state index contributed by atoms with van der Waals surface area (Å²) in [6.45, 7) is 4.74. The van der Waals surface area contributed by atoms with Crippen LogP contribution in [-0.2, 0) is 6.18 Å².